The fourth-order valence-electron chi connectivity index (χ4n) is 1.98. The van der Waals surface area contributed by atoms with Gasteiger partial charge in [0.15, 0.2) is 0 Å². The molecular formula is C14H17N3O2. The molecule has 1 atom stereocenters. The summed E-state index contributed by atoms with van der Waals surface area (Å²) in [5.41, 5.74) is 2.91. The fourth-order valence-corrected chi connectivity index (χ4v) is 1.98. The first kappa shape index (κ1) is 13.3. The van der Waals surface area contributed by atoms with E-state index in [4.69, 9.17) is 10.9 Å². The van der Waals surface area contributed by atoms with E-state index in [0.29, 0.717) is 6.42 Å². The maximum absolute atomic E-state index is 11.6. The van der Waals surface area contributed by atoms with Crippen LogP contribution in [0, 0.1) is 0 Å². The number of amides is 1. The average molecular weight is 259 g/mol. The first-order valence-electron chi connectivity index (χ1n) is 6.11. The molecule has 5 heteroatoms. The molecule has 0 aliphatic rings. The van der Waals surface area contributed by atoms with Crippen LogP contribution in [-0.4, -0.2) is 23.7 Å². The fraction of sp³-hybridized carbons (Fsp3) is 0.214. The first-order valence-corrected chi connectivity index (χ1v) is 6.11. The Balaban J connectivity index is 2.21. The molecule has 19 heavy (non-hydrogen) atoms. The van der Waals surface area contributed by atoms with Crippen LogP contribution in [0.1, 0.15) is 6.42 Å². The van der Waals surface area contributed by atoms with Gasteiger partial charge in [-0.2, -0.15) is 0 Å². The van der Waals surface area contributed by atoms with Crippen LogP contribution in [0.4, 0.5) is 5.69 Å². The van der Waals surface area contributed by atoms with Gasteiger partial charge in [-0.05, 0) is 29.3 Å². The van der Waals surface area contributed by atoms with Crippen LogP contribution in [-0.2, 0) is 4.79 Å². The maximum Gasteiger partial charge on any atom is 0.256 e. The van der Waals surface area contributed by atoms with Crippen molar-refractivity contribution in [1.82, 2.24) is 5.43 Å². The monoisotopic (exact) mass is 259 g/mol. The quantitative estimate of drug-likeness (QED) is 0.366. The van der Waals surface area contributed by atoms with Crippen molar-refractivity contribution in [2.45, 2.75) is 12.5 Å². The van der Waals surface area contributed by atoms with Gasteiger partial charge < -0.3 is 10.4 Å². The minimum absolute atomic E-state index is 0.0847. The molecule has 1 amide bonds. The zero-order chi connectivity index (χ0) is 13.7. The lowest BCUT2D eigenvalue weighted by molar-refractivity contribution is -0.122. The van der Waals surface area contributed by atoms with Crippen molar-refractivity contribution < 1.29 is 9.90 Å². The lowest BCUT2D eigenvalue weighted by atomic mass is 10.1. The number of hydrogen-bond acceptors (Lipinski definition) is 4. The van der Waals surface area contributed by atoms with Gasteiger partial charge in [-0.3, -0.25) is 10.2 Å². The van der Waals surface area contributed by atoms with Gasteiger partial charge in [-0.15, -0.1) is 0 Å². The molecule has 0 bridgehead atoms. The third-order valence-corrected chi connectivity index (χ3v) is 2.97. The maximum atomic E-state index is 11.6. The second kappa shape index (κ2) is 6.17. The number of hydrazine groups is 1. The van der Waals surface area contributed by atoms with E-state index in [1.54, 1.807) is 0 Å². The predicted octanol–water partition coefficient (Wildman–Crippen LogP) is 0.993. The van der Waals surface area contributed by atoms with E-state index >= 15 is 0 Å². The van der Waals surface area contributed by atoms with Crippen molar-refractivity contribution in [3.8, 4) is 0 Å². The van der Waals surface area contributed by atoms with Gasteiger partial charge in [-0.1, -0.05) is 30.3 Å². The minimum atomic E-state index is -0.545. The highest BCUT2D eigenvalue weighted by atomic mass is 16.3. The van der Waals surface area contributed by atoms with E-state index in [2.05, 4.69) is 10.7 Å². The number of benzene rings is 2. The molecule has 1 unspecified atom stereocenters. The Labute approximate surface area is 111 Å². The van der Waals surface area contributed by atoms with Gasteiger partial charge in [0.05, 0.1) is 0 Å². The molecule has 0 fully saturated rings. The number of rotatable bonds is 5. The van der Waals surface area contributed by atoms with E-state index in [-0.39, 0.29) is 12.5 Å². The molecule has 2 aromatic carbocycles. The van der Waals surface area contributed by atoms with Gasteiger partial charge >= 0.3 is 0 Å². The predicted molar refractivity (Wildman–Crippen MR) is 75.4 cm³/mol. The molecule has 0 radical (unpaired) electrons. The van der Waals surface area contributed by atoms with Gasteiger partial charge in [-0.25, -0.2) is 5.84 Å². The molecule has 0 spiro atoms. The number of carbonyl (C=O) groups is 1. The highest BCUT2D eigenvalue weighted by Crippen LogP contribution is 2.19. The zero-order valence-corrected chi connectivity index (χ0v) is 10.5. The molecule has 0 aromatic heterocycles. The minimum Gasteiger partial charge on any atom is -0.396 e. The highest BCUT2D eigenvalue weighted by molar-refractivity contribution is 5.88. The third-order valence-electron chi connectivity index (χ3n) is 2.97. The summed E-state index contributed by atoms with van der Waals surface area (Å²) in [5.74, 6) is 4.78. The topological polar surface area (TPSA) is 87.4 Å². The number of aliphatic hydroxyl groups excluding tert-OH is 1. The van der Waals surface area contributed by atoms with Crippen molar-refractivity contribution in [3.05, 3.63) is 42.5 Å². The number of nitrogens with one attached hydrogen (secondary N) is 2. The molecule has 2 aromatic rings. The van der Waals surface area contributed by atoms with Crippen molar-refractivity contribution >= 4 is 22.4 Å². The van der Waals surface area contributed by atoms with Gasteiger partial charge in [0.2, 0.25) is 0 Å². The number of fused-ring (bicyclic) bond motifs is 1. The summed E-state index contributed by atoms with van der Waals surface area (Å²) in [6.45, 7) is -0.0847. The van der Waals surface area contributed by atoms with E-state index < -0.39 is 6.04 Å². The Hall–Kier alpha value is -2.11. The molecule has 0 aliphatic carbocycles. The highest BCUT2D eigenvalue weighted by Gasteiger charge is 2.16. The van der Waals surface area contributed by atoms with Crippen LogP contribution in [0.3, 0.4) is 0 Å². The van der Waals surface area contributed by atoms with Crippen LogP contribution in [0.15, 0.2) is 42.5 Å². The molecule has 5 N–H and O–H groups in total. The molecule has 0 saturated carbocycles. The van der Waals surface area contributed by atoms with Crippen LogP contribution in [0.25, 0.3) is 10.8 Å². The summed E-state index contributed by atoms with van der Waals surface area (Å²) in [7, 11) is 0. The van der Waals surface area contributed by atoms with Gasteiger partial charge in [0.25, 0.3) is 5.91 Å². The zero-order valence-electron chi connectivity index (χ0n) is 10.5. The lowest BCUT2D eigenvalue weighted by Gasteiger charge is -2.17. The van der Waals surface area contributed by atoms with E-state index in [0.717, 1.165) is 16.5 Å². The van der Waals surface area contributed by atoms with Gasteiger partial charge in [0, 0.05) is 12.3 Å². The van der Waals surface area contributed by atoms with Crippen molar-refractivity contribution in [1.29, 1.82) is 0 Å². The molecule has 0 aliphatic heterocycles. The SMILES string of the molecule is NNC(=O)C(CCO)Nc1ccc2ccccc2c1. The van der Waals surface area contributed by atoms with E-state index in [1.165, 1.54) is 0 Å². The van der Waals surface area contributed by atoms with Crippen LogP contribution in [0.5, 0.6) is 0 Å². The molecule has 0 heterocycles. The van der Waals surface area contributed by atoms with Crippen molar-refractivity contribution in [3.63, 3.8) is 0 Å². The van der Waals surface area contributed by atoms with Crippen LogP contribution in [0.2, 0.25) is 0 Å². The van der Waals surface area contributed by atoms with E-state index in [9.17, 15) is 4.79 Å². The van der Waals surface area contributed by atoms with E-state index in [1.807, 2.05) is 42.5 Å². The number of nitrogens with two attached hydrogens (primary N) is 1. The average Bonchev–Trinajstić information content (AvgIpc) is 2.46. The molecule has 100 valence electrons. The Morgan fingerprint density at radius 1 is 1.21 bits per heavy atom. The summed E-state index contributed by atoms with van der Waals surface area (Å²) in [6, 6.07) is 13.3. The second-order valence-corrected chi connectivity index (χ2v) is 4.28. The lowest BCUT2D eigenvalue weighted by Crippen LogP contribution is -2.43. The second-order valence-electron chi connectivity index (χ2n) is 4.28. The number of carbonyl (C=O) groups excluding carboxylic acids is 1. The van der Waals surface area contributed by atoms with Crippen molar-refractivity contribution in [2.24, 2.45) is 5.84 Å². The van der Waals surface area contributed by atoms with Crippen LogP contribution < -0.4 is 16.6 Å². The Bertz CT molecular complexity index is 571. The standard InChI is InChI=1S/C14H17N3O2/c15-17-14(19)13(7-8-18)16-12-6-5-10-3-1-2-4-11(10)9-12/h1-6,9,13,16,18H,7-8,15H2,(H,17,19). The number of hydrogen-bond donors (Lipinski definition) is 4. The van der Waals surface area contributed by atoms with Gasteiger partial charge in [0.1, 0.15) is 6.04 Å². The third kappa shape index (κ3) is 3.21. The summed E-state index contributed by atoms with van der Waals surface area (Å²) >= 11 is 0. The molecule has 2 rings (SSSR count). The summed E-state index contributed by atoms with van der Waals surface area (Å²) in [4.78, 5) is 11.6. The number of anilines is 1. The van der Waals surface area contributed by atoms with Crippen LogP contribution >= 0.6 is 0 Å². The summed E-state index contributed by atoms with van der Waals surface area (Å²) in [5, 5.41) is 14.3. The Kier molecular flexibility index (Phi) is 4.33. The molecule has 5 nitrogen and oxygen atoms in total. The smallest absolute Gasteiger partial charge is 0.256 e. The molecule has 0 saturated heterocycles. The first-order chi connectivity index (χ1) is 9.24. The van der Waals surface area contributed by atoms with Crippen molar-refractivity contribution in [2.75, 3.05) is 11.9 Å². The summed E-state index contributed by atoms with van der Waals surface area (Å²) < 4.78 is 0. The Morgan fingerprint density at radius 3 is 2.63 bits per heavy atom. The largest absolute Gasteiger partial charge is 0.396 e. The molecular weight excluding hydrogens is 242 g/mol. The normalized spacial score (nSPS) is 12.1. The number of aliphatic hydroxyl groups is 1. The Morgan fingerprint density at radius 2 is 1.95 bits per heavy atom. The summed E-state index contributed by atoms with van der Waals surface area (Å²) in [6.07, 6.45) is 0.301.